The minimum Gasteiger partial charge on any atom is -0.237 e. The summed E-state index contributed by atoms with van der Waals surface area (Å²) in [6.07, 6.45) is -3.26. The SMILES string of the molecule is CCCc1c(CC#N)nnn1C(C)C(F)(F)F. The van der Waals surface area contributed by atoms with Crippen LogP contribution in [0.15, 0.2) is 0 Å². The van der Waals surface area contributed by atoms with E-state index in [-0.39, 0.29) is 6.42 Å². The van der Waals surface area contributed by atoms with Crippen LogP contribution in [0.2, 0.25) is 0 Å². The number of hydrogen-bond acceptors (Lipinski definition) is 3. The van der Waals surface area contributed by atoms with Gasteiger partial charge in [0.05, 0.1) is 23.9 Å². The van der Waals surface area contributed by atoms with Crippen molar-refractivity contribution in [2.24, 2.45) is 0 Å². The first-order valence-electron chi connectivity index (χ1n) is 5.28. The Kier molecular flexibility index (Phi) is 4.10. The van der Waals surface area contributed by atoms with Gasteiger partial charge < -0.3 is 0 Å². The second-order valence-electron chi connectivity index (χ2n) is 3.73. The van der Waals surface area contributed by atoms with Gasteiger partial charge in [0.2, 0.25) is 0 Å². The van der Waals surface area contributed by atoms with Gasteiger partial charge in [-0.05, 0) is 13.3 Å². The molecule has 1 rings (SSSR count). The van der Waals surface area contributed by atoms with Crippen molar-refractivity contribution in [3.05, 3.63) is 11.4 Å². The molecule has 0 aromatic carbocycles. The van der Waals surface area contributed by atoms with E-state index in [0.29, 0.717) is 24.2 Å². The van der Waals surface area contributed by atoms with E-state index in [0.717, 1.165) is 11.6 Å². The molecule has 0 radical (unpaired) electrons. The zero-order valence-electron chi connectivity index (χ0n) is 9.62. The Labute approximate surface area is 97.0 Å². The van der Waals surface area contributed by atoms with E-state index in [1.807, 2.05) is 13.0 Å². The van der Waals surface area contributed by atoms with Crippen LogP contribution in [0, 0.1) is 11.3 Å². The molecule has 17 heavy (non-hydrogen) atoms. The molecule has 0 bridgehead atoms. The summed E-state index contributed by atoms with van der Waals surface area (Å²) >= 11 is 0. The monoisotopic (exact) mass is 246 g/mol. The van der Waals surface area contributed by atoms with Crippen molar-refractivity contribution in [2.45, 2.75) is 45.3 Å². The molecular formula is C10H13F3N4. The summed E-state index contributed by atoms with van der Waals surface area (Å²) in [4.78, 5) is 0. The molecule has 1 aromatic rings. The van der Waals surface area contributed by atoms with E-state index in [1.165, 1.54) is 0 Å². The average molecular weight is 246 g/mol. The van der Waals surface area contributed by atoms with Gasteiger partial charge in [-0.3, -0.25) is 0 Å². The lowest BCUT2D eigenvalue weighted by Gasteiger charge is -2.17. The normalized spacial score (nSPS) is 13.4. The molecule has 0 aliphatic rings. The van der Waals surface area contributed by atoms with Crippen LogP contribution in [0.3, 0.4) is 0 Å². The molecule has 0 spiro atoms. The highest BCUT2D eigenvalue weighted by atomic mass is 19.4. The standard InChI is InChI=1S/C10H13F3N4/c1-3-4-9-8(5-6-14)15-16-17(9)7(2)10(11,12)13/h7H,3-5H2,1-2H3. The van der Waals surface area contributed by atoms with Gasteiger partial charge in [0.25, 0.3) is 0 Å². The Morgan fingerprint density at radius 2 is 2.12 bits per heavy atom. The number of aromatic nitrogens is 3. The molecule has 94 valence electrons. The Morgan fingerprint density at radius 1 is 1.47 bits per heavy atom. The number of nitriles is 1. The maximum absolute atomic E-state index is 12.6. The second-order valence-corrected chi connectivity index (χ2v) is 3.73. The lowest BCUT2D eigenvalue weighted by Crippen LogP contribution is -2.26. The zero-order valence-corrected chi connectivity index (χ0v) is 9.62. The third-order valence-corrected chi connectivity index (χ3v) is 2.45. The van der Waals surface area contributed by atoms with E-state index < -0.39 is 12.2 Å². The van der Waals surface area contributed by atoms with Crippen LogP contribution in [0.5, 0.6) is 0 Å². The van der Waals surface area contributed by atoms with Crippen molar-refractivity contribution in [2.75, 3.05) is 0 Å². The predicted octanol–water partition coefficient (Wildman–Crippen LogP) is 2.42. The highest BCUT2D eigenvalue weighted by Crippen LogP contribution is 2.31. The summed E-state index contributed by atoms with van der Waals surface area (Å²) in [7, 11) is 0. The van der Waals surface area contributed by atoms with Crippen molar-refractivity contribution in [1.29, 1.82) is 5.26 Å². The molecule has 0 amide bonds. The largest absolute Gasteiger partial charge is 0.410 e. The van der Waals surface area contributed by atoms with Gasteiger partial charge in [-0.15, -0.1) is 5.10 Å². The van der Waals surface area contributed by atoms with Crippen LogP contribution in [0.25, 0.3) is 0 Å². The number of hydrogen-bond donors (Lipinski definition) is 0. The number of alkyl halides is 3. The van der Waals surface area contributed by atoms with Crippen molar-refractivity contribution in [1.82, 2.24) is 15.0 Å². The highest BCUT2D eigenvalue weighted by molar-refractivity contribution is 5.15. The number of nitrogens with zero attached hydrogens (tertiary/aromatic N) is 4. The molecule has 0 aliphatic heterocycles. The predicted molar refractivity (Wildman–Crippen MR) is 54.1 cm³/mol. The Morgan fingerprint density at radius 3 is 2.59 bits per heavy atom. The van der Waals surface area contributed by atoms with Crippen molar-refractivity contribution >= 4 is 0 Å². The fourth-order valence-electron chi connectivity index (χ4n) is 1.50. The molecule has 1 aromatic heterocycles. The maximum Gasteiger partial charge on any atom is 0.410 e. The Bertz CT molecular complexity index is 416. The topological polar surface area (TPSA) is 54.5 Å². The summed E-state index contributed by atoms with van der Waals surface area (Å²) in [6.45, 7) is 2.88. The number of halogens is 3. The van der Waals surface area contributed by atoms with Gasteiger partial charge >= 0.3 is 6.18 Å². The summed E-state index contributed by atoms with van der Waals surface area (Å²) in [5, 5.41) is 15.7. The first kappa shape index (κ1) is 13.5. The molecular weight excluding hydrogens is 233 g/mol. The molecule has 0 aliphatic carbocycles. The fourth-order valence-corrected chi connectivity index (χ4v) is 1.50. The molecule has 1 heterocycles. The molecule has 7 heteroatoms. The van der Waals surface area contributed by atoms with Crippen molar-refractivity contribution in [3.63, 3.8) is 0 Å². The third kappa shape index (κ3) is 2.96. The van der Waals surface area contributed by atoms with E-state index >= 15 is 0 Å². The summed E-state index contributed by atoms with van der Waals surface area (Å²) in [5.41, 5.74) is 0.740. The highest BCUT2D eigenvalue weighted by Gasteiger charge is 2.39. The van der Waals surface area contributed by atoms with Crippen LogP contribution < -0.4 is 0 Å². The molecule has 0 fully saturated rings. The van der Waals surface area contributed by atoms with Crippen LogP contribution in [-0.4, -0.2) is 21.2 Å². The quantitative estimate of drug-likeness (QED) is 0.819. The number of rotatable bonds is 4. The molecule has 0 saturated heterocycles. The van der Waals surface area contributed by atoms with Crippen LogP contribution in [0.1, 0.15) is 37.7 Å². The lowest BCUT2D eigenvalue weighted by atomic mass is 10.1. The maximum atomic E-state index is 12.6. The fraction of sp³-hybridized carbons (Fsp3) is 0.700. The van der Waals surface area contributed by atoms with Crippen LogP contribution >= 0.6 is 0 Å². The van der Waals surface area contributed by atoms with Crippen molar-refractivity contribution in [3.8, 4) is 6.07 Å². The summed E-state index contributed by atoms with van der Waals surface area (Å²) in [6, 6.07) is 0.158. The molecule has 0 N–H and O–H groups in total. The Balaban J connectivity index is 3.12. The average Bonchev–Trinajstić information content (AvgIpc) is 2.61. The molecule has 1 atom stereocenters. The first-order chi connectivity index (χ1) is 7.91. The molecule has 0 saturated carbocycles. The van der Waals surface area contributed by atoms with Crippen molar-refractivity contribution < 1.29 is 13.2 Å². The van der Waals surface area contributed by atoms with Crippen LogP contribution in [-0.2, 0) is 12.8 Å². The van der Waals surface area contributed by atoms with E-state index in [2.05, 4.69) is 10.3 Å². The minimum absolute atomic E-state index is 0.0140. The Hall–Kier alpha value is -1.58. The van der Waals surface area contributed by atoms with Gasteiger partial charge in [-0.1, -0.05) is 18.6 Å². The van der Waals surface area contributed by atoms with E-state index in [4.69, 9.17) is 5.26 Å². The zero-order chi connectivity index (χ0) is 13.1. The van der Waals surface area contributed by atoms with Gasteiger partial charge in [0, 0.05) is 0 Å². The van der Waals surface area contributed by atoms with E-state index in [9.17, 15) is 13.2 Å². The van der Waals surface area contributed by atoms with Gasteiger partial charge in [-0.2, -0.15) is 18.4 Å². The summed E-state index contributed by atoms with van der Waals surface area (Å²) in [5.74, 6) is 0. The smallest absolute Gasteiger partial charge is 0.237 e. The molecule has 1 unspecified atom stereocenters. The minimum atomic E-state index is -4.36. The van der Waals surface area contributed by atoms with Crippen LogP contribution in [0.4, 0.5) is 13.2 Å². The first-order valence-corrected chi connectivity index (χ1v) is 5.28. The molecule has 4 nitrogen and oxygen atoms in total. The lowest BCUT2D eigenvalue weighted by molar-refractivity contribution is -0.166. The van der Waals surface area contributed by atoms with Gasteiger partial charge in [-0.25, -0.2) is 4.68 Å². The van der Waals surface area contributed by atoms with E-state index in [1.54, 1.807) is 0 Å². The van der Waals surface area contributed by atoms with Gasteiger partial charge in [0.15, 0.2) is 0 Å². The van der Waals surface area contributed by atoms with Gasteiger partial charge in [0.1, 0.15) is 6.04 Å². The third-order valence-electron chi connectivity index (χ3n) is 2.45. The summed E-state index contributed by atoms with van der Waals surface area (Å²) < 4.78 is 38.7. The second kappa shape index (κ2) is 5.17.